The first kappa shape index (κ1) is 18.7. The number of halogens is 6. The Morgan fingerprint density at radius 2 is 1.78 bits per heavy atom. The Bertz CT molecular complexity index is 990. The number of benzene rings is 1. The van der Waals surface area contributed by atoms with Crippen molar-refractivity contribution >= 4 is 11.4 Å². The summed E-state index contributed by atoms with van der Waals surface area (Å²) in [5.41, 5.74) is -0.444. The Morgan fingerprint density at radius 3 is 2.44 bits per heavy atom. The Hall–Kier alpha value is -3.04. The second-order valence-corrected chi connectivity index (χ2v) is 5.66. The number of nitrogens with one attached hydrogen (secondary N) is 1. The highest BCUT2D eigenvalue weighted by molar-refractivity contribution is 5.95. The van der Waals surface area contributed by atoms with Gasteiger partial charge in [0.1, 0.15) is 12.2 Å². The Morgan fingerprint density at radius 1 is 1.04 bits per heavy atom. The van der Waals surface area contributed by atoms with Gasteiger partial charge in [0.15, 0.2) is 0 Å². The van der Waals surface area contributed by atoms with E-state index in [0.29, 0.717) is 5.52 Å². The molecule has 3 aromatic rings. The number of rotatable bonds is 3. The molecule has 0 spiro atoms. The standard InChI is InChI=1S/C17H11F6N3O/c18-16(19,20)9-24-15(27)13-8-12(14-5-2-6-26(14)25-13)10-3-1-4-11(7-10)17(21,22)23/h1-8H,9H2,(H,24,27). The maximum Gasteiger partial charge on any atom is 0.416 e. The fourth-order valence-electron chi connectivity index (χ4n) is 2.50. The lowest BCUT2D eigenvalue weighted by Crippen LogP contribution is -2.34. The molecule has 0 aliphatic rings. The average Bonchev–Trinajstić information content (AvgIpc) is 3.06. The van der Waals surface area contributed by atoms with E-state index in [9.17, 15) is 31.1 Å². The van der Waals surface area contributed by atoms with Gasteiger partial charge in [-0.25, -0.2) is 4.52 Å². The van der Waals surface area contributed by atoms with Gasteiger partial charge in [0.05, 0.1) is 11.1 Å². The van der Waals surface area contributed by atoms with E-state index in [2.05, 4.69) is 5.10 Å². The second kappa shape index (κ2) is 6.60. The minimum absolute atomic E-state index is 0.154. The summed E-state index contributed by atoms with van der Waals surface area (Å²) in [5.74, 6) is -1.09. The quantitative estimate of drug-likeness (QED) is 0.681. The van der Waals surface area contributed by atoms with Crippen LogP contribution in [0.4, 0.5) is 26.3 Å². The molecule has 4 nitrogen and oxygen atoms in total. The van der Waals surface area contributed by atoms with E-state index in [-0.39, 0.29) is 16.8 Å². The number of nitrogens with zero attached hydrogens (tertiary/aromatic N) is 2. The summed E-state index contributed by atoms with van der Waals surface area (Å²) in [5, 5.41) is 5.60. The molecule has 1 aromatic carbocycles. The molecule has 0 fully saturated rings. The van der Waals surface area contributed by atoms with Gasteiger partial charge in [-0.2, -0.15) is 31.4 Å². The molecule has 10 heteroatoms. The molecule has 0 unspecified atom stereocenters. The van der Waals surface area contributed by atoms with Gasteiger partial charge in [-0.3, -0.25) is 4.79 Å². The summed E-state index contributed by atoms with van der Waals surface area (Å²) < 4.78 is 77.0. The van der Waals surface area contributed by atoms with Crippen molar-refractivity contribution < 1.29 is 31.1 Å². The minimum Gasteiger partial charge on any atom is -0.342 e. The molecule has 27 heavy (non-hydrogen) atoms. The first-order valence-electron chi connectivity index (χ1n) is 7.55. The molecule has 142 valence electrons. The number of hydrogen-bond acceptors (Lipinski definition) is 2. The van der Waals surface area contributed by atoms with E-state index in [4.69, 9.17) is 0 Å². The topological polar surface area (TPSA) is 46.4 Å². The number of carbonyl (C=O) groups excluding carboxylic acids is 1. The molecule has 2 aromatic heterocycles. The smallest absolute Gasteiger partial charge is 0.342 e. The Labute approximate surface area is 148 Å². The van der Waals surface area contributed by atoms with E-state index >= 15 is 0 Å². The highest BCUT2D eigenvalue weighted by Crippen LogP contribution is 2.33. The zero-order chi connectivity index (χ0) is 19.8. The van der Waals surface area contributed by atoms with E-state index in [1.165, 1.54) is 22.8 Å². The lowest BCUT2D eigenvalue weighted by Gasteiger charge is -2.12. The van der Waals surface area contributed by atoms with Crippen LogP contribution >= 0.6 is 0 Å². The van der Waals surface area contributed by atoms with Crippen LogP contribution in [0.2, 0.25) is 0 Å². The van der Waals surface area contributed by atoms with E-state index in [0.717, 1.165) is 18.2 Å². The molecule has 3 rings (SSSR count). The Kier molecular flexibility index (Phi) is 4.58. The molecule has 0 bridgehead atoms. The zero-order valence-corrected chi connectivity index (χ0v) is 13.4. The summed E-state index contributed by atoms with van der Waals surface area (Å²) in [6, 6.07) is 8.71. The summed E-state index contributed by atoms with van der Waals surface area (Å²) >= 11 is 0. The zero-order valence-electron chi connectivity index (χ0n) is 13.4. The predicted molar refractivity (Wildman–Crippen MR) is 84.0 cm³/mol. The molecule has 0 radical (unpaired) electrons. The van der Waals surface area contributed by atoms with Crippen molar-refractivity contribution in [3.05, 3.63) is 59.9 Å². The minimum atomic E-state index is -4.60. The second-order valence-electron chi connectivity index (χ2n) is 5.66. The molecular formula is C17H11F6N3O. The largest absolute Gasteiger partial charge is 0.416 e. The highest BCUT2D eigenvalue weighted by atomic mass is 19.4. The molecule has 0 saturated heterocycles. The first-order chi connectivity index (χ1) is 12.5. The fraction of sp³-hybridized carbons (Fsp3) is 0.176. The number of hydrogen-bond donors (Lipinski definition) is 1. The monoisotopic (exact) mass is 387 g/mol. The van der Waals surface area contributed by atoms with Crippen LogP contribution in [-0.2, 0) is 6.18 Å². The fourth-order valence-corrected chi connectivity index (χ4v) is 2.50. The van der Waals surface area contributed by atoms with Crippen LogP contribution in [0.25, 0.3) is 16.6 Å². The van der Waals surface area contributed by atoms with Crippen molar-refractivity contribution in [1.29, 1.82) is 0 Å². The van der Waals surface area contributed by atoms with Crippen molar-refractivity contribution in [2.45, 2.75) is 12.4 Å². The van der Waals surface area contributed by atoms with Crippen LogP contribution in [0, 0.1) is 0 Å². The van der Waals surface area contributed by atoms with Crippen LogP contribution in [0.5, 0.6) is 0 Å². The lowest BCUT2D eigenvalue weighted by molar-refractivity contribution is -0.137. The van der Waals surface area contributed by atoms with Crippen molar-refractivity contribution in [2.24, 2.45) is 0 Å². The summed E-state index contributed by atoms with van der Waals surface area (Å²) in [6.07, 6.45) is -7.72. The van der Waals surface area contributed by atoms with Gasteiger partial charge in [0, 0.05) is 11.8 Å². The molecular weight excluding hydrogens is 376 g/mol. The Balaban J connectivity index is 2.06. The predicted octanol–water partition coefficient (Wildman–Crippen LogP) is 4.31. The van der Waals surface area contributed by atoms with Crippen LogP contribution in [0.3, 0.4) is 0 Å². The van der Waals surface area contributed by atoms with Crippen molar-refractivity contribution in [1.82, 2.24) is 14.9 Å². The third kappa shape index (κ3) is 4.21. The molecule has 0 saturated carbocycles. The number of amides is 1. The van der Waals surface area contributed by atoms with Crippen LogP contribution < -0.4 is 5.32 Å². The lowest BCUT2D eigenvalue weighted by atomic mass is 10.0. The van der Waals surface area contributed by atoms with Gasteiger partial charge in [-0.1, -0.05) is 12.1 Å². The maximum atomic E-state index is 13.0. The molecule has 2 heterocycles. The average molecular weight is 387 g/mol. The van der Waals surface area contributed by atoms with E-state index < -0.39 is 30.4 Å². The van der Waals surface area contributed by atoms with Crippen molar-refractivity contribution in [3.8, 4) is 11.1 Å². The van der Waals surface area contributed by atoms with Gasteiger partial charge in [0.2, 0.25) is 0 Å². The molecule has 1 amide bonds. The van der Waals surface area contributed by atoms with Gasteiger partial charge < -0.3 is 5.32 Å². The highest BCUT2D eigenvalue weighted by Gasteiger charge is 2.31. The number of fused-ring (bicyclic) bond motifs is 1. The molecule has 0 aliphatic carbocycles. The third-order valence-electron chi connectivity index (χ3n) is 3.68. The first-order valence-corrected chi connectivity index (χ1v) is 7.55. The van der Waals surface area contributed by atoms with Gasteiger partial charge >= 0.3 is 12.4 Å². The third-order valence-corrected chi connectivity index (χ3v) is 3.68. The SMILES string of the molecule is O=C(NCC(F)(F)F)c1cc(-c2cccc(C(F)(F)F)c2)c2cccn2n1. The molecule has 1 N–H and O–H groups in total. The summed E-state index contributed by atoms with van der Waals surface area (Å²) in [6.45, 7) is -1.55. The molecule has 0 atom stereocenters. The van der Waals surface area contributed by atoms with E-state index in [1.807, 2.05) is 0 Å². The van der Waals surface area contributed by atoms with Crippen LogP contribution in [0.15, 0.2) is 48.7 Å². The number of alkyl halides is 6. The van der Waals surface area contributed by atoms with Crippen molar-refractivity contribution in [3.63, 3.8) is 0 Å². The van der Waals surface area contributed by atoms with Crippen molar-refractivity contribution in [2.75, 3.05) is 6.54 Å². The normalized spacial score (nSPS) is 12.4. The van der Waals surface area contributed by atoms with E-state index in [1.54, 1.807) is 17.4 Å². The molecule has 0 aliphatic heterocycles. The van der Waals surface area contributed by atoms with Crippen LogP contribution in [-0.4, -0.2) is 28.2 Å². The number of carbonyl (C=O) groups is 1. The number of aromatic nitrogens is 2. The summed E-state index contributed by atoms with van der Waals surface area (Å²) in [7, 11) is 0. The van der Waals surface area contributed by atoms with Gasteiger partial charge in [-0.15, -0.1) is 0 Å². The maximum absolute atomic E-state index is 13.0. The van der Waals surface area contributed by atoms with Gasteiger partial charge in [-0.05, 0) is 35.9 Å². The van der Waals surface area contributed by atoms with Crippen LogP contribution in [0.1, 0.15) is 16.1 Å². The summed E-state index contributed by atoms with van der Waals surface area (Å²) in [4.78, 5) is 12.0. The van der Waals surface area contributed by atoms with Gasteiger partial charge in [0.25, 0.3) is 5.91 Å².